The number of thiophene rings is 1. The minimum absolute atomic E-state index is 0.0801. The molecule has 1 heterocycles. The van der Waals surface area contributed by atoms with Crippen molar-refractivity contribution in [3.8, 4) is 0 Å². The van der Waals surface area contributed by atoms with Gasteiger partial charge in [-0.1, -0.05) is 18.2 Å². The number of anilines is 2. The molecule has 0 aliphatic carbocycles. The molecule has 0 saturated carbocycles. The summed E-state index contributed by atoms with van der Waals surface area (Å²) in [5, 5.41) is 16.6. The monoisotopic (exact) mass is 233 g/mol. The van der Waals surface area contributed by atoms with Gasteiger partial charge in [-0.25, -0.2) is 0 Å². The van der Waals surface area contributed by atoms with E-state index in [-0.39, 0.29) is 6.61 Å². The van der Waals surface area contributed by atoms with Crippen LogP contribution in [0.25, 0.3) is 0 Å². The Bertz CT molecular complexity index is 470. The molecule has 2 nitrogen and oxygen atoms in total. The van der Waals surface area contributed by atoms with Crippen LogP contribution in [0.5, 0.6) is 0 Å². The molecule has 84 valence electrons. The predicted octanol–water partition coefficient (Wildman–Crippen LogP) is 3.60. The second kappa shape index (κ2) is 4.68. The predicted molar refractivity (Wildman–Crippen MR) is 69.4 cm³/mol. The molecule has 0 radical (unpaired) electrons. The van der Waals surface area contributed by atoms with Gasteiger partial charge >= 0.3 is 0 Å². The zero-order valence-corrected chi connectivity index (χ0v) is 10.3. The van der Waals surface area contributed by atoms with Gasteiger partial charge in [0.1, 0.15) is 0 Å². The number of hydrogen-bond donors (Lipinski definition) is 2. The lowest BCUT2D eigenvalue weighted by Crippen LogP contribution is -1.97. The maximum Gasteiger partial charge on any atom is 0.0710 e. The van der Waals surface area contributed by atoms with Gasteiger partial charge in [-0.2, -0.15) is 0 Å². The van der Waals surface area contributed by atoms with Crippen LogP contribution in [-0.2, 0) is 6.61 Å². The first kappa shape index (κ1) is 11.2. The Kier molecular flexibility index (Phi) is 3.27. The second-order valence-electron chi connectivity index (χ2n) is 3.86. The van der Waals surface area contributed by atoms with E-state index in [1.165, 1.54) is 11.1 Å². The summed E-state index contributed by atoms with van der Waals surface area (Å²) < 4.78 is 0. The molecule has 0 aliphatic rings. The van der Waals surface area contributed by atoms with Crippen molar-refractivity contribution in [2.75, 3.05) is 5.32 Å². The number of aliphatic hydroxyl groups excluding tert-OH is 1. The van der Waals surface area contributed by atoms with Gasteiger partial charge in [-0.15, -0.1) is 11.3 Å². The summed E-state index contributed by atoms with van der Waals surface area (Å²) in [5.41, 5.74) is 5.53. The van der Waals surface area contributed by atoms with Crippen LogP contribution in [0.1, 0.15) is 16.7 Å². The quantitative estimate of drug-likeness (QED) is 0.849. The van der Waals surface area contributed by atoms with Crippen molar-refractivity contribution in [2.24, 2.45) is 0 Å². The van der Waals surface area contributed by atoms with E-state index in [0.717, 1.165) is 16.9 Å². The molecule has 2 aromatic rings. The van der Waals surface area contributed by atoms with Crippen LogP contribution in [0.3, 0.4) is 0 Å². The molecule has 1 aromatic carbocycles. The number of rotatable bonds is 3. The fourth-order valence-corrected chi connectivity index (χ4v) is 2.48. The molecule has 0 amide bonds. The van der Waals surface area contributed by atoms with Crippen molar-refractivity contribution in [1.82, 2.24) is 0 Å². The molecule has 0 bridgehead atoms. The van der Waals surface area contributed by atoms with Crippen molar-refractivity contribution in [2.45, 2.75) is 20.5 Å². The third-order valence-corrected chi connectivity index (χ3v) is 3.45. The molecule has 16 heavy (non-hydrogen) atoms. The zero-order chi connectivity index (χ0) is 11.5. The number of benzene rings is 1. The number of nitrogens with one attached hydrogen (secondary N) is 1. The molecule has 0 fully saturated rings. The van der Waals surface area contributed by atoms with Crippen LogP contribution >= 0.6 is 11.3 Å². The van der Waals surface area contributed by atoms with Gasteiger partial charge in [0.25, 0.3) is 0 Å². The number of aliphatic hydroxyl groups is 1. The van der Waals surface area contributed by atoms with Gasteiger partial charge in [0, 0.05) is 16.6 Å². The van der Waals surface area contributed by atoms with Crippen molar-refractivity contribution >= 4 is 22.7 Å². The minimum atomic E-state index is 0.0801. The van der Waals surface area contributed by atoms with Crippen molar-refractivity contribution < 1.29 is 5.11 Å². The second-order valence-corrected chi connectivity index (χ2v) is 4.60. The first-order valence-electron chi connectivity index (χ1n) is 5.21. The fraction of sp³-hybridized carbons (Fsp3) is 0.231. The minimum Gasteiger partial charge on any atom is -0.392 e. The maximum atomic E-state index is 9.19. The highest BCUT2D eigenvalue weighted by Gasteiger charge is 2.06. The fourth-order valence-electron chi connectivity index (χ4n) is 1.70. The molecule has 0 aliphatic heterocycles. The van der Waals surface area contributed by atoms with Gasteiger partial charge in [-0.05, 0) is 30.4 Å². The van der Waals surface area contributed by atoms with E-state index in [0.29, 0.717) is 0 Å². The lowest BCUT2D eigenvalue weighted by molar-refractivity contribution is 0.283. The summed E-state index contributed by atoms with van der Waals surface area (Å²) in [7, 11) is 0. The molecule has 2 N–H and O–H groups in total. The van der Waals surface area contributed by atoms with Gasteiger partial charge in [0.05, 0.1) is 12.3 Å². The molecule has 3 heteroatoms. The summed E-state index contributed by atoms with van der Waals surface area (Å²) >= 11 is 1.60. The lowest BCUT2D eigenvalue weighted by atomic mass is 10.1. The van der Waals surface area contributed by atoms with E-state index >= 15 is 0 Å². The van der Waals surface area contributed by atoms with Crippen LogP contribution in [0.4, 0.5) is 11.4 Å². The average Bonchev–Trinajstić information content (AvgIpc) is 2.71. The molecule has 1 aromatic heterocycles. The lowest BCUT2D eigenvalue weighted by Gasteiger charge is -2.12. The third kappa shape index (κ3) is 2.10. The Morgan fingerprint density at radius 3 is 2.50 bits per heavy atom. The van der Waals surface area contributed by atoms with Crippen LogP contribution in [-0.4, -0.2) is 5.11 Å². The first-order valence-corrected chi connectivity index (χ1v) is 6.16. The smallest absolute Gasteiger partial charge is 0.0710 e. The first-order chi connectivity index (χ1) is 7.72. The Balaban J connectivity index is 2.34. The van der Waals surface area contributed by atoms with Crippen molar-refractivity contribution in [3.05, 3.63) is 45.6 Å². The van der Waals surface area contributed by atoms with E-state index < -0.39 is 0 Å². The summed E-state index contributed by atoms with van der Waals surface area (Å²) in [6, 6.07) is 6.22. The molecule has 0 atom stereocenters. The van der Waals surface area contributed by atoms with Crippen LogP contribution < -0.4 is 5.32 Å². The Hall–Kier alpha value is -1.32. The number of aryl methyl sites for hydroxylation is 2. The van der Waals surface area contributed by atoms with Gasteiger partial charge in [-0.3, -0.25) is 0 Å². The Morgan fingerprint density at radius 1 is 1.19 bits per heavy atom. The van der Waals surface area contributed by atoms with E-state index in [1.54, 1.807) is 11.3 Å². The van der Waals surface area contributed by atoms with Crippen LogP contribution in [0.15, 0.2) is 29.0 Å². The van der Waals surface area contributed by atoms with Gasteiger partial charge < -0.3 is 10.4 Å². The van der Waals surface area contributed by atoms with Gasteiger partial charge in [0.2, 0.25) is 0 Å². The Morgan fingerprint density at radius 2 is 1.88 bits per heavy atom. The molecule has 0 unspecified atom stereocenters. The Labute approximate surface area is 99.6 Å². The zero-order valence-electron chi connectivity index (χ0n) is 9.45. The third-order valence-electron chi connectivity index (χ3n) is 2.65. The van der Waals surface area contributed by atoms with Gasteiger partial charge in [0.15, 0.2) is 0 Å². The molecule has 2 rings (SSSR count). The standard InChI is InChI=1S/C13H15NOS/c1-9-4-3-5-10(2)13(9)14-12-8-16-7-11(12)6-15/h3-5,7-8,14-15H,6H2,1-2H3. The molecule has 0 saturated heterocycles. The highest BCUT2D eigenvalue weighted by Crippen LogP contribution is 2.28. The number of para-hydroxylation sites is 1. The highest BCUT2D eigenvalue weighted by atomic mass is 32.1. The van der Waals surface area contributed by atoms with Crippen molar-refractivity contribution in [3.63, 3.8) is 0 Å². The van der Waals surface area contributed by atoms with Crippen LogP contribution in [0.2, 0.25) is 0 Å². The number of hydrogen-bond acceptors (Lipinski definition) is 3. The largest absolute Gasteiger partial charge is 0.392 e. The van der Waals surface area contributed by atoms with E-state index in [4.69, 9.17) is 0 Å². The normalized spacial score (nSPS) is 10.4. The van der Waals surface area contributed by atoms with E-state index in [9.17, 15) is 5.11 Å². The maximum absolute atomic E-state index is 9.19. The highest BCUT2D eigenvalue weighted by molar-refractivity contribution is 7.08. The summed E-state index contributed by atoms with van der Waals surface area (Å²) in [6.45, 7) is 4.25. The average molecular weight is 233 g/mol. The van der Waals surface area contributed by atoms with Crippen molar-refractivity contribution in [1.29, 1.82) is 0 Å². The molecular weight excluding hydrogens is 218 g/mol. The molecule has 0 spiro atoms. The topological polar surface area (TPSA) is 32.3 Å². The summed E-state index contributed by atoms with van der Waals surface area (Å²) in [6.07, 6.45) is 0. The van der Waals surface area contributed by atoms with E-state index in [1.807, 2.05) is 10.8 Å². The summed E-state index contributed by atoms with van der Waals surface area (Å²) in [5.74, 6) is 0. The summed E-state index contributed by atoms with van der Waals surface area (Å²) in [4.78, 5) is 0. The van der Waals surface area contributed by atoms with E-state index in [2.05, 4.69) is 37.4 Å². The molecular formula is C13H15NOS. The SMILES string of the molecule is Cc1cccc(C)c1Nc1cscc1CO. The van der Waals surface area contributed by atoms with Crippen LogP contribution in [0, 0.1) is 13.8 Å².